The molecule has 0 aliphatic carbocycles. The third-order valence-corrected chi connectivity index (χ3v) is 4.11. The lowest BCUT2D eigenvalue weighted by molar-refractivity contribution is 0.439. The number of aromatic nitrogens is 3. The minimum Gasteiger partial charge on any atom is -0.308 e. The average molecular weight is 255 g/mol. The first-order valence-corrected chi connectivity index (χ1v) is 6.43. The summed E-state index contributed by atoms with van der Waals surface area (Å²) in [5, 5.41) is 14.6. The van der Waals surface area contributed by atoms with Crippen LogP contribution in [0, 0.1) is 0 Å². The summed E-state index contributed by atoms with van der Waals surface area (Å²) in [6.07, 6.45) is 0. The largest absolute Gasteiger partial charge is 0.308 e. The minimum atomic E-state index is 0.258. The van der Waals surface area contributed by atoms with E-state index >= 15 is 0 Å². The molecule has 0 saturated carbocycles. The molecule has 4 nitrogen and oxygen atoms in total. The SMILES string of the molecule is CC1NCCn2c(-c3sccc3Cl)nnc21. The molecule has 0 saturated heterocycles. The van der Waals surface area contributed by atoms with Gasteiger partial charge in [0.15, 0.2) is 5.82 Å². The van der Waals surface area contributed by atoms with E-state index in [0.717, 1.165) is 34.6 Å². The highest BCUT2D eigenvalue weighted by molar-refractivity contribution is 7.14. The molecule has 2 aromatic rings. The Balaban J connectivity index is 2.13. The van der Waals surface area contributed by atoms with Crippen LogP contribution in [0.25, 0.3) is 10.7 Å². The van der Waals surface area contributed by atoms with E-state index in [1.807, 2.05) is 11.4 Å². The summed E-state index contributed by atoms with van der Waals surface area (Å²) in [5.41, 5.74) is 0. The topological polar surface area (TPSA) is 42.7 Å². The number of rotatable bonds is 1. The van der Waals surface area contributed by atoms with Gasteiger partial charge in [0.2, 0.25) is 0 Å². The second-order valence-corrected chi connectivity index (χ2v) is 5.13. The fraction of sp³-hybridized carbons (Fsp3) is 0.400. The average Bonchev–Trinajstić information content (AvgIpc) is 2.84. The van der Waals surface area contributed by atoms with Gasteiger partial charge >= 0.3 is 0 Å². The number of nitrogens with one attached hydrogen (secondary N) is 1. The zero-order valence-electron chi connectivity index (χ0n) is 8.77. The van der Waals surface area contributed by atoms with Crippen molar-refractivity contribution < 1.29 is 0 Å². The van der Waals surface area contributed by atoms with E-state index in [2.05, 4.69) is 27.0 Å². The Morgan fingerprint density at radius 1 is 1.56 bits per heavy atom. The minimum absolute atomic E-state index is 0.258. The lowest BCUT2D eigenvalue weighted by Gasteiger charge is -2.21. The highest BCUT2D eigenvalue weighted by Crippen LogP contribution is 2.33. The van der Waals surface area contributed by atoms with Gasteiger partial charge in [0, 0.05) is 13.1 Å². The molecule has 0 fully saturated rings. The van der Waals surface area contributed by atoms with Crippen molar-refractivity contribution >= 4 is 22.9 Å². The van der Waals surface area contributed by atoms with Gasteiger partial charge < -0.3 is 9.88 Å². The Labute approximate surface area is 102 Å². The molecule has 16 heavy (non-hydrogen) atoms. The van der Waals surface area contributed by atoms with Gasteiger partial charge in [0.25, 0.3) is 0 Å². The van der Waals surface area contributed by atoms with E-state index in [4.69, 9.17) is 11.6 Å². The van der Waals surface area contributed by atoms with E-state index in [-0.39, 0.29) is 6.04 Å². The van der Waals surface area contributed by atoms with Gasteiger partial charge in [-0.15, -0.1) is 21.5 Å². The van der Waals surface area contributed by atoms with E-state index in [1.165, 1.54) is 0 Å². The Morgan fingerprint density at radius 2 is 2.44 bits per heavy atom. The summed E-state index contributed by atoms with van der Waals surface area (Å²) < 4.78 is 2.15. The van der Waals surface area contributed by atoms with Gasteiger partial charge in [-0.2, -0.15) is 0 Å². The van der Waals surface area contributed by atoms with E-state index in [9.17, 15) is 0 Å². The van der Waals surface area contributed by atoms with Crippen LogP contribution in [0.3, 0.4) is 0 Å². The second kappa shape index (κ2) is 3.84. The fourth-order valence-electron chi connectivity index (χ4n) is 1.96. The molecule has 0 spiro atoms. The molecule has 1 unspecified atom stereocenters. The quantitative estimate of drug-likeness (QED) is 0.849. The van der Waals surface area contributed by atoms with Gasteiger partial charge in [0.1, 0.15) is 5.82 Å². The lowest BCUT2D eigenvalue weighted by atomic mass is 10.2. The number of halogens is 1. The molecule has 6 heteroatoms. The van der Waals surface area contributed by atoms with Crippen molar-refractivity contribution in [2.24, 2.45) is 0 Å². The van der Waals surface area contributed by atoms with E-state index in [1.54, 1.807) is 11.3 Å². The Hall–Kier alpha value is -0.910. The number of hydrogen-bond acceptors (Lipinski definition) is 4. The molecular formula is C10H11ClN4S. The maximum absolute atomic E-state index is 6.12. The maximum Gasteiger partial charge on any atom is 0.175 e. The lowest BCUT2D eigenvalue weighted by Crippen LogP contribution is -2.32. The van der Waals surface area contributed by atoms with Crippen molar-refractivity contribution in [3.8, 4) is 10.7 Å². The Bertz CT molecular complexity index is 519. The van der Waals surface area contributed by atoms with Crippen molar-refractivity contribution in [2.75, 3.05) is 6.54 Å². The predicted octanol–water partition coefficient (Wildman–Crippen LogP) is 2.32. The standard InChI is InChI=1S/C10H11ClN4S/c1-6-9-13-14-10(15(9)4-3-12-6)8-7(11)2-5-16-8/h2,5-6,12H,3-4H2,1H3. The molecule has 1 aliphatic rings. The zero-order valence-corrected chi connectivity index (χ0v) is 10.3. The van der Waals surface area contributed by atoms with E-state index < -0.39 is 0 Å². The summed E-state index contributed by atoms with van der Waals surface area (Å²) in [7, 11) is 0. The molecule has 1 aliphatic heterocycles. The third kappa shape index (κ3) is 1.47. The van der Waals surface area contributed by atoms with Crippen LogP contribution in [0.2, 0.25) is 5.02 Å². The summed E-state index contributed by atoms with van der Waals surface area (Å²) >= 11 is 7.73. The molecule has 0 amide bonds. The molecule has 84 valence electrons. The second-order valence-electron chi connectivity index (χ2n) is 3.81. The van der Waals surface area contributed by atoms with Crippen LogP contribution >= 0.6 is 22.9 Å². The van der Waals surface area contributed by atoms with Crippen molar-refractivity contribution in [3.05, 3.63) is 22.3 Å². The molecule has 1 atom stereocenters. The summed E-state index contributed by atoms with van der Waals surface area (Å²) in [4.78, 5) is 1.01. The van der Waals surface area contributed by atoms with Crippen LogP contribution < -0.4 is 5.32 Å². The summed E-state index contributed by atoms with van der Waals surface area (Å²) in [6, 6.07) is 2.15. The third-order valence-electron chi connectivity index (χ3n) is 2.77. The predicted molar refractivity (Wildman–Crippen MR) is 64.8 cm³/mol. The number of hydrogen-bond donors (Lipinski definition) is 1. The van der Waals surface area contributed by atoms with Crippen LogP contribution in [0.1, 0.15) is 18.8 Å². The fourth-order valence-corrected chi connectivity index (χ4v) is 3.09. The van der Waals surface area contributed by atoms with Gasteiger partial charge in [-0.3, -0.25) is 0 Å². The smallest absolute Gasteiger partial charge is 0.175 e. The molecule has 1 N–H and O–H groups in total. The van der Waals surface area contributed by atoms with Crippen molar-refractivity contribution in [1.82, 2.24) is 20.1 Å². The molecule has 0 aromatic carbocycles. The Morgan fingerprint density at radius 3 is 3.19 bits per heavy atom. The van der Waals surface area contributed by atoms with Crippen LogP contribution in [0.4, 0.5) is 0 Å². The maximum atomic E-state index is 6.12. The molecule has 2 aromatic heterocycles. The summed E-state index contributed by atoms with van der Waals surface area (Å²) in [6.45, 7) is 3.94. The van der Waals surface area contributed by atoms with E-state index in [0.29, 0.717) is 0 Å². The van der Waals surface area contributed by atoms with Crippen molar-refractivity contribution in [1.29, 1.82) is 0 Å². The normalized spacial score (nSPS) is 19.8. The first-order valence-electron chi connectivity index (χ1n) is 5.17. The van der Waals surface area contributed by atoms with Gasteiger partial charge in [-0.05, 0) is 18.4 Å². The van der Waals surface area contributed by atoms with Gasteiger partial charge in [0.05, 0.1) is 15.9 Å². The van der Waals surface area contributed by atoms with Crippen LogP contribution in [0.5, 0.6) is 0 Å². The summed E-state index contributed by atoms with van der Waals surface area (Å²) in [5.74, 6) is 1.88. The number of thiophene rings is 1. The van der Waals surface area contributed by atoms with Crippen molar-refractivity contribution in [3.63, 3.8) is 0 Å². The monoisotopic (exact) mass is 254 g/mol. The molecule has 0 bridgehead atoms. The van der Waals surface area contributed by atoms with Gasteiger partial charge in [-0.1, -0.05) is 11.6 Å². The van der Waals surface area contributed by atoms with Crippen LogP contribution in [-0.4, -0.2) is 21.3 Å². The first kappa shape index (κ1) is 10.3. The zero-order chi connectivity index (χ0) is 11.1. The molecule has 3 heterocycles. The molecule has 0 radical (unpaired) electrons. The molecule has 3 rings (SSSR count). The van der Waals surface area contributed by atoms with Crippen molar-refractivity contribution in [2.45, 2.75) is 19.5 Å². The number of nitrogens with zero attached hydrogens (tertiary/aromatic N) is 3. The van der Waals surface area contributed by atoms with Gasteiger partial charge in [-0.25, -0.2) is 0 Å². The highest BCUT2D eigenvalue weighted by Gasteiger charge is 2.23. The molecular weight excluding hydrogens is 244 g/mol. The Kier molecular flexibility index (Phi) is 2.46. The highest BCUT2D eigenvalue weighted by atomic mass is 35.5. The van der Waals surface area contributed by atoms with Crippen LogP contribution in [-0.2, 0) is 6.54 Å². The first-order chi connectivity index (χ1) is 7.77. The number of fused-ring (bicyclic) bond motifs is 1. The van der Waals surface area contributed by atoms with Crippen LogP contribution in [0.15, 0.2) is 11.4 Å².